The first-order valence-corrected chi connectivity index (χ1v) is 10.1. The van der Waals surface area contributed by atoms with Crippen molar-refractivity contribution in [2.24, 2.45) is 5.73 Å². The molecular weight excluding hydrogens is 366 g/mol. The highest BCUT2D eigenvalue weighted by Gasteiger charge is 2.22. The second-order valence-electron chi connectivity index (χ2n) is 5.93. The summed E-state index contributed by atoms with van der Waals surface area (Å²) in [6, 6.07) is 14.0. The summed E-state index contributed by atoms with van der Waals surface area (Å²) in [7, 11) is -1.07. The highest BCUT2D eigenvalue weighted by atomic mass is 32.2. The molecule has 0 aliphatic carbocycles. The lowest BCUT2D eigenvalue weighted by molar-refractivity contribution is 0.0742. The van der Waals surface area contributed by atoms with Crippen LogP contribution in [-0.4, -0.2) is 46.5 Å². The lowest BCUT2D eigenvalue weighted by Gasteiger charge is -2.23. The summed E-state index contributed by atoms with van der Waals surface area (Å²) in [5.41, 5.74) is 6.87. The Morgan fingerprint density at radius 2 is 1.89 bits per heavy atom. The van der Waals surface area contributed by atoms with Crippen molar-refractivity contribution in [3.8, 4) is 5.75 Å². The number of hydrogen-bond acceptors (Lipinski definition) is 5. The molecule has 0 saturated carbocycles. The molecule has 0 spiro atoms. The molecule has 2 aromatic rings. The van der Waals surface area contributed by atoms with E-state index in [1.807, 2.05) is 30.3 Å². The Bertz CT molecular complexity index is 870. The maximum Gasteiger partial charge on any atom is 0.254 e. The number of carbonyl (C=O) groups excluding carboxylic acids is 1. The Kier molecular flexibility index (Phi) is 7.35. The van der Waals surface area contributed by atoms with Gasteiger partial charge in [0.25, 0.3) is 5.91 Å². The van der Waals surface area contributed by atoms with Crippen LogP contribution in [0.3, 0.4) is 0 Å². The molecule has 0 heterocycles. The molecule has 0 fully saturated rings. The van der Waals surface area contributed by atoms with Gasteiger partial charge < -0.3 is 15.4 Å². The van der Waals surface area contributed by atoms with Crippen LogP contribution in [0.25, 0.3) is 0 Å². The molecular formula is C19H25N3O4S. The Labute approximate surface area is 160 Å². The van der Waals surface area contributed by atoms with Gasteiger partial charge in [-0.05, 0) is 43.8 Å². The topological polar surface area (TPSA) is 102 Å². The van der Waals surface area contributed by atoms with Gasteiger partial charge in [-0.15, -0.1) is 0 Å². The van der Waals surface area contributed by atoms with Crippen LogP contribution in [0.5, 0.6) is 5.75 Å². The number of hydrogen-bond donors (Lipinski definition) is 2. The zero-order chi connectivity index (χ0) is 19.9. The summed E-state index contributed by atoms with van der Waals surface area (Å²) in [5, 5.41) is 0. The first-order chi connectivity index (χ1) is 12.9. The minimum Gasteiger partial charge on any atom is -0.495 e. The highest BCUT2D eigenvalue weighted by molar-refractivity contribution is 7.89. The second kappa shape index (κ2) is 9.50. The minimum absolute atomic E-state index is 0.0724. The first kappa shape index (κ1) is 20.9. The second-order valence-corrected chi connectivity index (χ2v) is 7.78. The molecule has 0 radical (unpaired) electrons. The molecule has 0 aliphatic rings. The minimum atomic E-state index is -3.76. The number of rotatable bonds is 9. The number of nitrogens with two attached hydrogens (primary N) is 1. The van der Waals surface area contributed by atoms with E-state index in [1.165, 1.54) is 26.3 Å². The van der Waals surface area contributed by atoms with Gasteiger partial charge in [-0.25, -0.2) is 13.1 Å². The SMILES string of the molecule is CNS(=O)(=O)c1cc(C(=O)N(CCCN)Cc2ccccc2)ccc1OC. The summed E-state index contributed by atoms with van der Waals surface area (Å²) < 4.78 is 31.9. The summed E-state index contributed by atoms with van der Waals surface area (Å²) in [4.78, 5) is 14.6. The van der Waals surface area contributed by atoms with Crippen LogP contribution in [0.2, 0.25) is 0 Å². The predicted molar refractivity (Wildman–Crippen MR) is 104 cm³/mol. The van der Waals surface area contributed by atoms with E-state index in [1.54, 1.807) is 11.0 Å². The van der Waals surface area contributed by atoms with Gasteiger partial charge in [-0.3, -0.25) is 4.79 Å². The summed E-state index contributed by atoms with van der Waals surface area (Å²) in [6.07, 6.45) is 0.649. The fourth-order valence-corrected chi connectivity index (χ4v) is 3.57. The van der Waals surface area contributed by atoms with Gasteiger partial charge >= 0.3 is 0 Å². The molecule has 27 heavy (non-hydrogen) atoms. The zero-order valence-electron chi connectivity index (χ0n) is 15.5. The molecule has 7 nitrogen and oxygen atoms in total. The van der Waals surface area contributed by atoms with E-state index in [-0.39, 0.29) is 22.1 Å². The maximum absolute atomic E-state index is 13.1. The largest absolute Gasteiger partial charge is 0.495 e. The molecule has 146 valence electrons. The average Bonchev–Trinajstić information content (AvgIpc) is 2.70. The lowest BCUT2D eigenvalue weighted by atomic mass is 10.1. The zero-order valence-corrected chi connectivity index (χ0v) is 16.3. The van der Waals surface area contributed by atoms with Gasteiger partial charge in [0.2, 0.25) is 10.0 Å². The van der Waals surface area contributed by atoms with Gasteiger partial charge in [0, 0.05) is 18.7 Å². The van der Waals surface area contributed by atoms with Crippen LogP contribution < -0.4 is 15.2 Å². The molecule has 3 N–H and O–H groups in total. The number of nitrogens with one attached hydrogen (secondary N) is 1. The molecule has 0 aliphatic heterocycles. The predicted octanol–water partition coefficient (Wildman–Crippen LogP) is 1.59. The Hall–Kier alpha value is -2.42. The fraction of sp³-hybridized carbons (Fsp3) is 0.316. The molecule has 0 aromatic heterocycles. The van der Waals surface area contributed by atoms with E-state index in [9.17, 15) is 13.2 Å². The van der Waals surface area contributed by atoms with Crippen LogP contribution >= 0.6 is 0 Å². The lowest BCUT2D eigenvalue weighted by Crippen LogP contribution is -2.32. The summed E-state index contributed by atoms with van der Waals surface area (Å²) in [5.74, 6) is -0.0834. The molecule has 0 unspecified atom stereocenters. The van der Waals surface area contributed by atoms with Crippen molar-refractivity contribution in [3.05, 3.63) is 59.7 Å². The Morgan fingerprint density at radius 3 is 2.48 bits per heavy atom. The fourth-order valence-electron chi connectivity index (χ4n) is 2.65. The van der Waals surface area contributed by atoms with Crippen molar-refractivity contribution in [2.45, 2.75) is 17.9 Å². The van der Waals surface area contributed by atoms with Crippen molar-refractivity contribution >= 4 is 15.9 Å². The van der Waals surface area contributed by atoms with Gasteiger partial charge in [0.05, 0.1) is 7.11 Å². The number of methoxy groups -OCH3 is 1. The van der Waals surface area contributed by atoms with Crippen LogP contribution in [0.4, 0.5) is 0 Å². The van der Waals surface area contributed by atoms with E-state index < -0.39 is 10.0 Å². The Balaban J connectivity index is 2.37. The maximum atomic E-state index is 13.1. The van der Waals surface area contributed by atoms with Crippen LogP contribution in [0.15, 0.2) is 53.4 Å². The molecule has 0 atom stereocenters. The van der Waals surface area contributed by atoms with E-state index in [0.717, 1.165) is 5.56 Å². The molecule has 2 aromatic carbocycles. The number of sulfonamides is 1. The van der Waals surface area contributed by atoms with Gasteiger partial charge in [0.1, 0.15) is 10.6 Å². The quantitative estimate of drug-likeness (QED) is 0.676. The third kappa shape index (κ3) is 5.29. The molecule has 0 bridgehead atoms. The van der Waals surface area contributed by atoms with E-state index in [2.05, 4.69) is 4.72 Å². The van der Waals surface area contributed by atoms with Crippen molar-refractivity contribution in [1.82, 2.24) is 9.62 Å². The van der Waals surface area contributed by atoms with Gasteiger partial charge in [-0.2, -0.15) is 0 Å². The standard InChI is InChI=1S/C19H25N3O4S/c1-21-27(24,25)18-13-16(9-10-17(18)26-2)19(23)22(12-6-11-20)14-15-7-4-3-5-8-15/h3-5,7-10,13,21H,6,11-12,14,20H2,1-2H3. The van der Waals surface area contributed by atoms with E-state index >= 15 is 0 Å². The number of nitrogens with zero attached hydrogens (tertiary/aromatic N) is 1. The van der Waals surface area contributed by atoms with Crippen molar-refractivity contribution in [1.29, 1.82) is 0 Å². The van der Waals surface area contributed by atoms with E-state index in [4.69, 9.17) is 10.5 Å². The van der Waals surface area contributed by atoms with Gasteiger partial charge in [-0.1, -0.05) is 30.3 Å². The number of carbonyl (C=O) groups is 1. The van der Waals surface area contributed by atoms with Gasteiger partial charge in [0.15, 0.2) is 0 Å². The monoisotopic (exact) mass is 391 g/mol. The van der Waals surface area contributed by atoms with Crippen molar-refractivity contribution < 1.29 is 17.9 Å². The molecule has 8 heteroatoms. The molecule has 0 saturated heterocycles. The third-order valence-electron chi connectivity index (χ3n) is 4.10. The first-order valence-electron chi connectivity index (χ1n) is 8.57. The van der Waals surface area contributed by atoms with Crippen molar-refractivity contribution in [3.63, 3.8) is 0 Å². The van der Waals surface area contributed by atoms with Crippen LogP contribution in [0.1, 0.15) is 22.3 Å². The number of amides is 1. The molecule has 2 rings (SSSR count). The summed E-state index contributed by atoms with van der Waals surface area (Å²) >= 11 is 0. The highest BCUT2D eigenvalue weighted by Crippen LogP contribution is 2.25. The number of benzene rings is 2. The normalized spacial score (nSPS) is 11.2. The third-order valence-corrected chi connectivity index (χ3v) is 5.54. The average molecular weight is 391 g/mol. The van der Waals surface area contributed by atoms with Crippen LogP contribution in [0, 0.1) is 0 Å². The summed E-state index contributed by atoms with van der Waals surface area (Å²) in [6.45, 7) is 1.35. The smallest absolute Gasteiger partial charge is 0.254 e. The molecule has 1 amide bonds. The Morgan fingerprint density at radius 1 is 1.19 bits per heavy atom. The van der Waals surface area contributed by atoms with Crippen LogP contribution in [-0.2, 0) is 16.6 Å². The van der Waals surface area contributed by atoms with E-state index in [0.29, 0.717) is 26.1 Å². The van der Waals surface area contributed by atoms with Crippen molar-refractivity contribution in [2.75, 3.05) is 27.2 Å². The number of ether oxygens (including phenoxy) is 1.